The molecule has 110 valence electrons. The van der Waals surface area contributed by atoms with E-state index in [0.717, 1.165) is 5.57 Å². The van der Waals surface area contributed by atoms with Gasteiger partial charge in [0.2, 0.25) is 0 Å². The van der Waals surface area contributed by atoms with Crippen LogP contribution in [0.1, 0.15) is 19.4 Å². The van der Waals surface area contributed by atoms with E-state index >= 15 is 0 Å². The predicted octanol–water partition coefficient (Wildman–Crippen LogP) is 2.09. The number of halogens is 1. The molecule has 1 aliphatic heterocycles. The molecule has 0 atom stereocenters. The second kappa shape index (κ2) is 5.97. The third-order valence-electron chi connectivity index (χ3n) is 2.80. The Morgan fingerprint density at radius 1 is 1.48 bits per heavy atom. The van der Waals surface area contributed by atoms with Crippen molar-refractivity contribution in [2.45, 2.75) is 13.8 Å². The molecule has 0 aliphatic carbocycles. The molecule has 2 N–H and O–H groups in total. The molecule has 0 saturated carbocycles. The van der Waals surface area contributed by atoms with E-state index in [1.165, 1.54) is 17.4 Å². The van der Waals surface area contributed by atoms with Gasteiger partial charge >= 0.3 is 0 Å². The zero-order valence-electron chi connectivity index (χ0n) is 11.9. The monoisotopic (exact) mass is 306 g/mol. The number of nitrogens with one attached hydrogen (secondary N) is 1. The van der Waals surface area contributed by atoms with Crippen molar-refractivity contribution in [3.8, 4) is 5.75 Å². The van der Waals surface area contributed by atoms with Crippen LogP contribution in [0, 0.1) is 0 Å². The third-order valence-corrected chi connectivity index (χ3v) is 3.03. The maximum Gasteiger partial charge on any atom is 0.275 e. The summed E-state index contributed by atoms with van der Waals surface area (Å²) in [7, 11) is 1.59. The first-order valence-electron chi connectivity index (χ1n) is 6.22. The van der Waals surface area contributed by atoms with Crippen molar-refractivity contribution in [1.82, 2.24) is 10.3 Å². The van der Waals surface area contributed by atoms with Gasteiger partial charge in [-0.25, -0.2) is 5.01 Å². The summed E-state index contributed by atoms with van der Waals surface area (Å²) in [6, 6.07) is 4.59. The number of hydrogen-bond donors (Lipinski definition) is 2. The summed E-state index contributed by atoms with van der Waals surface area (Å²) in [6.45, 7) is 3.62. The molecule has 0 radical (unpaired) electrons. The summed E-state index contributed by atoms with van der Waals surface area (Å²) < 4.78 is 0. The Hall–Kier alpha value is -2.34. The van der Waals surface area contributed by atoms with E-state index in [4.69, 9.17) is 11.6 Å². The fourth-order valence-electron chi connectivity index (χ4n) is 1.93. The molecule has 1 heterocycles. The van der Waals surface area contributed by atoms with Crippen LogP contribution in [-0.2, 0) is 4.79 Å². The summed E-state index contributed by atoms with van der Waals surface area (Å²) in [5.41, 5.74) is 1.59. The SMILES string of the molecule is CN=CN1N=C(c2ccc(Cl)cc2O)NC(=O)C1=C(C)C. The van der Waals surface area contributed by atoms with Crippen molar-refractivity contribution in [3.05, 3.63) is 40.1 Å². The van der Waals surface area contributed by atoms with Gasteiger partial charge in [-0.05, 0) is 37.6 Å². The largest absolute Gasteiger partial charge is 0.507 e. The molecule has 2 rings (SSSR count). The van der Waals surface area contributed by atoms with Crippen LogP contribution >= 0.6 is 11.6 Å². The highest BCUT2D eigenvalue weighted by Crippen LogP contribution is 2.24. The quantitative estimate of drug-likeness (QED) is 0.499. The number of amides is 1. The lowest BCUT2D eigenvalue weighted by molar-refractivity contribution is -0.117. The van der Waals surface area contributed by atoms with Crippen LogP contribution in [0.25, 0.3) is 0 Å². The Morgan fingerprint density at radius 3 is 2.76 bits per heavy atom. The molecule has 1 aromatic rings. The van der Waals surface area contributed by atoms with Crippen molar-refractivity contribution in [2.24, 2.45) is 10.1 Å². The molecule has 1 aliphatic rings. The molecular formula is C14H15ClN4O2. The van der Waals surface area contributed by atoms with Gasteiger partial charge in [0, 0.05) is 12.1 Å². The summed E-state index contributed by atoms with van der Waals surface area (Å²) in [5.74, 6) is -0.135. The van der Waals surface area contributed by atoms with Gasteiger partial charge in [-0.15, -0.1) is 5.10 Å². The van der Waals surface area contributed by atoms with Crippen molar-refractivity contribution in [3.63, 3.8) is 0 Å². The minimum Gasteiger partial charge on any atom is -0.507 e. The van der Waals surface area contributed by atoms with Crippen LogP contribution in [0.4, 0.5) is 0 Å². The first-order chi connectivity index (χ1) is 9.93. The number of aliphatic imine (C=N–C) groups is 1. The normalized spacial score (nSPS) is 15.2. The fourth-order valence-corrected chi connectivity index (χ4v) is 2.10. The molecule has 0 saturated heterocycles. The van der Waals surface area contributed by atoms with Crippen molar-refractivity contribution < 1.29 is 9.90 Å². The summed E-state index contributed by atoms with van der Waals surface area (Å²) in [6.07, 6.45) is 1.44. The van der Waals surface area contributed by atoms with Crippen LogP contribution in [-0.4, -0.2) is 35.2 Å². The number of amidine groups is 1. The van der Waals surface area contributed by atoms with Gasteiger partial charge in [0.1, 0.15) is 17.8 Å². The molecule has 1 amide bonds. The van der Waals surface area contributed by atoms with Crippen LogP contribution in [0.2, 0.25) is 5.02 Å². The van der Waals surface area contributed by atoms with Crippen LogP contribution < -0.4 is 5.32 Å². The van der Waals surface area contributed by atoms with Crippen LogP contribution in [0.5, 0.6) is 5.75 Å². The third kappa shape index (κ3) is 3.05. The number of carbonyl (C=O) groups is 1. The number of hydrogen-bond acceptors (Lipinski definition) is 4. The second-order valence-corrected chi connectivity index (χ2v) is 5.07. The van der Waals surface area contributed by atoms with Gasteiger partial charge in [0.05, 0.1) is 5.56 Å². The number of phenolic OH excluding ortho intramolecular Hbond substituents is 1. The standard InChI is InChI=1S/C14H15ClN4O2/c1-8(2)12-14(21)17-13(18-19(12)7-16-3)10-5-4-9(15)6-11(10)20/h4-7,20H,1-3H3,(H,17,18,21). The lowest BCUT2D eigenvalue weighted by atomic mass is 10.1. The molecule has 6 nitrogen and oxygen atoms in total. The Morgan fingerprint density at radius 2 is 2.19 bits per heavy atom. The van der Waals surface area contributed by atoms with E-state index in [2.05, 4.69) is 15.4 Å². The highest BCUT2D eigenvalue weighted by atomic mass is 35.5. The van der Waals surface area contributed by atoms with E-state index in [1.54, 1.807) is 19.2 Å². The van der Waals surface area contributed by atoms with Crippen molar-refractivity contribution in [2.75, 3.05) is 7.05 Å². The molecule has 7 heteroatoms. The summed E-state index contributed by atoms with van der Waals surface area (Å²) in [4.78, 5) is 16.1. The van der Waals surface area contributed by atoms with E-state index in [-0.39, 0.29) is 17.5 Å². The van der Waals surface area contributed by atoms with Gasteiger partial charge in [-0.1, -0.05) is 11.6 Å². The first kappa shape index (κ1) is 15.1. The fraction of sp³-hybridized carbons (Fsp3) is 0.214. The number of carbonyl (C=O) groups excluding carboxylic acids is 1. The van der Waals surface area contributed by atoms with Gasteiger partial charge in [0.15, 0.2) is 5.84 Å². The van der Waals surface area contributed by atoms with Gasteiger partial charge in [-0.2, -0.15) is 0 Å². The average Bonchev–Trinajstić information content (AvgIpc) is 2.37. The van der Waals surface area contributed by atoms with E-state index in [0.29, 0.717) is 16.3 Å². The second-order valence-electron chi connectivity index (χ2n) is 4.63. The number of phenols is 1. The number of aromatic hydroxyl groups is 1. The number of allylic oxidation sites excluding steroid dienone is 1. The molecular weight excluding hydrogens is 292 g/mol. The van der Waals surface area contributed by atoms with Gasteiger partial charge in [-0.3, -0.25) is 9.79 Å². The highest BCUT2D eigenvalue weighted by Gasteiger charge is 2.26. The van der Waals surface area contributed by atoms with E-state index in [9.17, 15) is 9.90 Å². The first-order valence-corrected chi connectivity index (χ1v) is 6.59. The van der Waals surface area contributed by atoms with E-state index < -0.39 is 0 Å². The summed E-state index contributed by atoms with van der Waals surface area (Å²) in [5, 5.41) is 18.7. The summed E-state index contributed by atoms with van der Waals surface area (Å²) >= 11 is 5.80. The zero-order valence-corrected chi connectivity index (χ0v) is 12.6. The number of rotatable bonds is 2. The smallest absolute Gasteiger partial charge is 0.275 e. The van der Waals surface area contributed by atoms with Crippen LogP contribution in [0.3, 0.4) is 0 Å². The predicted molar refractivity (Wildman–Crippen MR) is 82.4 cm³/mol. The Labute approximate surface area is 127 Å². The zero-order chi connectivity index (χ0) is 15.6. The minimum atomic E-state index is -0.311. The average molecular weight is 307 g/mol. The maximum atomic E-state index is 12.2. The number of benzene rings is 1. The maximum absolute atomic E-state index is 12.2. The Bertz CT molecular complexity index is 676. The molecule has 21 heavy (non-hydrogen) atoms. The van der Waals surface area contributed by atoms with E-state index in [1.807, 2.05) is 13.8 Å². The molecule has 0 unspecified atom stereocenters. The molecule has 0 aromatic heterocycles. The number of nitrogens with zero attached hydrogens (tertiary/aromatic N) is 3. The number of hydrazone groups is 1. The molecule has 0 bridgehead atoms. The highest BCUT2D eigenvalue weighted by molar-refractivity contribution is 6.31. The Kier molecular flexibility index (Phi) is 4.28. The molecule has 1 aromatic carbocycles. The topological polar surface area (TPSA) is 77.3 Å². The Balaban J connectivity index is 2.53. The van der Waals surface area contributed by atoms with Crippen LogP contribution in [0.15, 0.2) is 39.6 Å². The van der Waals surface area contributed by atoms with Gasteiger partial charge < -0.3 is 10.4 Å². The van der Waals surface area contributed by atoms with Gasteiger partial charge in [0.25, 0.3) is 5.91 Å². The lowest BCUT2D eigenvalue weighted by Crippen LogP contribution is -2.43. The van der Waals surface area contributed by atoms with Crippen molar-refractivity contribution >= 4 is 29.7 Å². The van der Waals surface area contributed by atoms with Crippen molar-refractivity contribution in [1.29, 1.82) is 0 Å². The minimum absolute atomic E-state index is 0.0596. The molecule has 0 fully saturated rings. The lowest BCUT2D eigenvalue weighted by Gasteiger charge is -2.25. The molecule has 0 spiro atoms.